The molecule has 1 N–H and O–H groups in total. The van der Waals surface area contributed by atoms with Crippen LogP contribution in [0.25, 0.3) is 0 Å². The number of aliphatic hydroxyl groups excluding tert-OH is 1. The molecular weight excluding hydrogens is 467 g/mol. The van der Waals surface area contributed by atoms with Crippen LogP contribution in [0.5, 0.6) is 0 Å². The minimum absolute atomic E-state index is 0.0233. The fourth-order valence-electron chi connectivity index (χ4n) is 6.93. The molecule has 3 fully saturated rings. The molecule has 0 bridgehead atoms. The van der Waals surface area contributed by atoms with E-state index in [0.29, 0.717) is 32.1 Å². The molecule has 34 heavy (non-hydrogen) atoms. The number of ether oxygens (including phenoxy) is 3. The van der Waals surface area contributed by atoms with Crippen LogP contribution in [0, 0.1) is 22.7 Å². The maximum atomic E-state index is 16.8. The Labute approximate surface area is 203 Å². The van der Waals surface area contributed by atoms with Gasteiger partial charge in [-0.05, 0) is 76.4 Å². The van der Waals surface area contributed by atoms with Crippen molar-refractivity contribution in [3.63, 3.8) is 0 Å². The van der Waals surface area contributed by atoms with Crippen molar-refractivity contribution in [2.45, 2.75) is 83.3 Å². The van der Waals surface area contributed by atoms with Crippen LogP contribution in [0.4, 0.5) is 9.18 Å². The van der Waals surface area contributed by atoms with E-state index in [1.165, 1.54) is 13.0 Å². The van der Waals surface area contributed by atoms with Gasteiger partial charge in [-0.2, -0.15) is 0 Å². The summed E-state index contributed by atoms with van der Waals surface area (Å²) in [6.45, 7) is 5.31. The van der Waals surface area contributed by atoms with Crippen molar-refractivity contribution in [1.82, 2.24) is 0 Å². The molecule has 9 heteroatoms. The molecule has 0 heterocycles. The standard InChI is InChI=1S/C25H32ClFO7/c1-14(20(29)21(30)32-13-26)33-22(31)34-19-7-6-17-18-5-4-15-12-16(28)8-9-24(15,3)25(18,27)11-10-23(17,19)2/h8-9,12,14,17-20,29H,4-7,10-11,13H2,1-3H3/t14?,17-,18-,19+,20?,23-,24-,25+/m0/s1. The van der Waals surface area contributed by atoms with E-state index in [2.05, 4.69) is 4.74 Å². The number of hydrogen-bond donors (Lipinski definition) is 1. The molecule has 4 aliphatic carbocycles. The number of carbonyl (C=O) groups is 3. The first-order chi connectivity index (χ1) is 16.0. The molecule has 0 saturated heterocycles. The molecule has 0 radical (unpaired) electrons. The number of allylic oxidation sites excluding steroid dienone is 4. The van der Waals surface area contributed by atoms with Gasteiger partial charge < -0.3 is 19.3 Å². The number of aliphatic hydroxyl groups is 1. The van der Waals surface area contributed by atoms with Gasteiger partial charge >= 0.3 is 12.1 Å². The van der Waals surface area contributed by atoms with E-state index in [1.807, 2.05) is 13.8 Å². The maximum absolute atomic E-state index is 16.8. The van der Waals surface area contributed by atoms with Crippen molar-refractivity contribution in [3.05, 3.63) is 23.8 Å². The Balaban J connectivity index is 1.46. The van der Waals surface area contributed by atoms with E-state index < -0.39 is 53.0 Å². The lowest BCUT2D eigenvalue weighted by molar-refractivity contribution is -0.159. The molecule has 8 atom stereocenters. The zero-order chi connectivity index (χ0) is 24.9. The van der Waals surface area contributed by atoms with Crippen molar-refractivity contribution < 1.29 is 38.1 Å². The molecule has 0 spiro atoms. The van der Waals surface area contributed by atoms with E-state index in [1.54, 1.807) is 12.2 Å². The molecule has 188 valence electrons. The number of hydrogen-bond acceptors (Lipinski definition) is 7. The van der Waals surface area contributed by atoms with Crippen molar-refractivity contribution in [1.29, 1.82) is 0 Å². The Bertz CT molecular complexity index is 934. The Morgan fingerprint density at radius 2 is 1.97 bits per heavy atom. The van der Waals surface area contributed by atoms with Gasteiger partial charge in [0.2, 0.25) is 0 Å². The fourth-order valence-corrected chi connectivity index (χ4v) is 7.03. The van der Waals surface area contributed by atoms with Crippen LogP contribution in [0.2, 0.25) is 0 Å². The normalized spacial score (nSPS) is 40.2. The van der Waals surface area contributed by atoms with Crippen LogP contribution in [-0.2, 0) is 23.8 Å². The molecule has 4 aliphatic rings. The lowest BCUT2D eigenvalue weighted by Crippen LogP contribution is -2.60. The highest BCUT2D eigenvalue weighted by Gasteiger charge is 2.67. The average molecular weight is 499 g/mol. The molecule has 4 rings (SSSR count). The maximum Gasteiger partial charge on any atom is 0.508 e. The summed E-state index contributed by atoms with van der Waals surface area (Å²) in [5, 5.41) is 9.92. The predicted molar refractivity (Wildman–Crippen MR) is 121 cm³/mol. The molecule has 7 nitrogen and oxygen atoms in total. The van der Waals surface area contributed by atoms with Crippen molar-refractivity contribution in [3.8, 4) is 0 Å². The van der Waals surface area contributed by atoms with Crippen LogP contribution < -0.4 is 0 Å². The molecule has 0 aromatic heterocycles. The number of esters is 1. The third-order valence-corrected chi connectivity index (χ3v) is 9.09. The smallest absolute Gasteiger partial charge is 0.447 e. The predicted octanol–water partition coefficient (Wildman–Crippen LogP) is 4.40. The molecule has 2 unspecified atom stereocenters. The van der Waals surface area contributed by atoms with Gasteiger partial charge in [-0.3, -0.25) is 4.79 Å². The van der Waals surface area contributed by atoms with E-state index in [4.69, 9.17) is 21.1 Å². The highest BCUT2D eigenvalue weighted by molar-refractivity contribution is 6.17. The quantitative estimate of drug-likeness (QED) is 0.443. The zero-order valence-electron chi connectivity index (χ0n) is 19.7. The summed E-state index contributed by atoms with van der Waals surface area (Å²) in [5.41, 5.74) is -1.80. The Morgan fingerprint density at radius 1 is 1.24 bits per heavy atom. The van der Waals surface area contributed by atoms with E-state index in [-0.39, 0.29) is 17.6 Å². The molecule has 0 aromatic rings. The molecule has 3 saturated carbocycles. The molecule has 0 aromatic carbocycles. The summed E-state index contributed by atoms with van der Waals surface area (Å²) in [5.74, 6) is -1.26. The summed E-state index contributed by atoms with van der Waals surface area (Å²) in [6.07, 6.45) is 4.02. The minimum atomic E-state index is -1.68. The van der Waals surface area contributed by atoms with Gasteiger partial charge in [-0.15, -0.1) is 0 Å². The number of rotatable bonds is 5. The summed E-state index contributed by atoms with van der Waals surface area (Å²) in [6, 6.07) is -0.422. The topological polar surface area (TPSA) is 99.1 Å². The number of alkyl halides is 2. The van der Waals surface area contributed by atoms with E-state index in [0.717, 1.165) is 12.0 Å². The van der Waals surface area contributed by atoms with Gasteiger partial charge in [0.05, 0.1) is 0 Å². The van der Waals surface area contributed by atoms with Crippen molar-refractivity contribution >= 4 is 29.5 Å². The van der Waals surface area contributed by atoms with Gasteiger partial charge in [0.25, 0.3) is 0 Å². The second kappa shape index (κ2) is 8.94. The van der Waals surface area contributed by atoms with Crippen molar-refractivity contribution in [2.75, 3.05) is 6.07 Å². The Morgan fingerprint density at radius 3 is 2.68 bits per heavy atom. The number of halogens is 2. The minimum Gasteiger partial charge on any atom is -0.447 e. The highest BCUT2D eigenvalue weighted by Crippen LogP contribution is 2.68. The lowest BCUT2D eigenvalue weighted by atomic mass is 9.47. The van der Waals surface area contributed by atoms with Crippen LogP contribution in [0.3, 0.4) is 0 Å². The second-order valence-electron chi connectivity index (χ2n) is 10.5. The van der Waals surface area contributed by atoms with Gasteiger partial charge in [0, 0.05) is 10.8 Å². The van der Waals surface area contributed by atoms with Crippen LogP contribution >= 0.6 is 11.6 Å². The first-order valence-electron chi connectivity index (χ1n) is 11.9. The van der Waals surface area contributed by atoms with Crippen LogP contribution in [0.1, 0.15) is 59.3 Å². The average Bonchev–Trinajstić information content (AvgIpc) is 3.10. The number of ketones is 1. The summed E-state index contributed by atoms with van der Waals surface area (Å²) >= 11 is 5.32. The van der Waals surface area contributed by atoms with Gasteiger partial charge in [-0.1, -0.05) is 30.2 Å². The SMILES string of the molecule is CC(OC(=O)O[C@@H]1CC[C@H]2[C@@H]3CCC4=CC(=O)C=C[C@]4(C)[C@@]3(F)CC[C@]12C)C(O)C(=O)OCCl. The fraction of sp³-hybridized carbons (Fsp3) is 0.720. The van der Waals surface area contributed by atoms with Crippen LogP contribution in [0.15, 0.2) is 23.8 Å². The van der Waals surface area contributed by atoms with Gasteiger partial charge in [0.15, 0.2) is 18.0 Å². The Hall–Kier alpha value is -1.93. The lowest BCUT2D eigenvalue weighted by Gasteiger charge is -2.60. The van der Waals surface area contributed by atoms with Crippen molar-refractivity contribution in [2.24, 2.45) is 22.7 Å². The monoisotopic (exact) mass is 498 g/mol. The van der Waals surface area contributed by atoms with Gasteiger partial charge in [0.1, 0.15) is 17.9 Å². The zero-order valence-corrected chi connectivity index (χ0v) is 20.5. The van der Waals surface area contributed by atoms with Crippen LogP contribution in [-0.4, -0.2) is 53.1 Å². The summed E-state index contributed by atoms with van der Waals surface area (Å²) < 4.78 is 32.1. The molecule has 0 aliphatic heterocycles. The third kappa shape index (κ3) is 3.87. The first kappa shape index (κ1) is 25.2. The Kier molecular flexibility index (Phi) is 6.62. The summed E-state index contributed by atoms with van der Waals surface area (Å²) in [4.78, 5) is 36.0. The van der Waals surface area contributed by atoms with Gasteiger partial charge in [-0.25, -0.2) is 14.0 Å². The summed E-state index contributed by atoms with van der Waals surface area (Å²) in [7, 11) is 0. The largest absolute Gasteiger partial charge is 0.508 e. The van der Waals surface area contributed by atoms with E-state index in [9.17, 15) is 19.5 Å². The molecule has 0 amide bonds. The first-order valence-corrected chi connectivity index (χ1v) is 12.4. The second-order valence-corrected chi connectivity index (χ2v) is 10.7. The number of fused-ring (bicyclic) bond motifs is 5. The molecular formula is C25H32ClFO7. The van der Waals surface area contributed by atoms with E-state index >= 15 is 4.39 Å². The highest BCUT2D eigenvalue weighted by atomic mass is 35.5. The number of carbonyl (C=O) groups excluding carboxylic acids is 3. The third-order valence-electron chi connectivity index (χ3n) is 8.98.